The summed E-state index contributed by atoms with van der Waals surface area (Å²) in [7, 11) is 0. The van der Waals surface area contributed by atoms with E-state index in [0.29, 0.717) is 19.3 Å². The van der Waals surface area contributed by atoms with Crippen molar-refractivity contribution in [3.05, 3.63) is 0 Å². The molecule has 0 aromatic rings. The number of rotatable bonds is 5. The predicted octanol–water partition coefficient (Wildman–Crippen LogP) is 1.16. The average molecular weight is 187 g/mol. The van der Waals surface area contributed by atoms with Crippen LogP contribution in [0.3, 0.4) is 0 Å². The molecule has 0 radical (unpaired) electrons. The van der Waals surface area contributed by atoms with Gasteiger partial charge in [0.15, 0.2) is 0 Å². The molecule has 0 saturated carbocycles. The first-order chi connectivity index (χ1) is 6.02. The number of carbonyl (C=O) groups is 2. The standard InChI is InChI=1S/C9H17NO3/c1-4-7(11)10-9(5-2,6-3)8(12)13/h4-6H2,1-3H3,(H,10,11)(H,12,13). The summed E-state index contributed by atoms with van der Waals surface area (Å²) in [6.45, 7) is 5.22. The second-order valence-corrected chi connectivity index (χ2v) is 3.00. The Hall–Kier alpha value is -1.06. The van der Waals surface area contributed by atoms with Crippen LogP contribution in [0.15, 0.2) is 0 Å². The summed E-state index contributed by atoms with van der Waals surface area (Å²) in [4.78, 5) is 22.0. The van der Waals surface area contributed by atoms with Crippen LogP contribution in [0.5, 0.6) is 0 Å². The lowest BCUT2D eigenvalue weighted by molar-refractivity contribution is -0.148. The van der Waals surface area contributed by atoms with Crippen molar-refractivity contribution in [3.8, 4) is 0 Å². The molecule has 4 nitrogen and oxygen atoms in total. The van der Waals surface area contributed by atoms with E-state index in [0.717, 1.165) is 0 Å². The normalized spacial score (nSPS) is 11.0. The fourth-order valence-electron chi connectivity index (χ4n) is 1.14. The van der Waals surface area contributed by atoms with E-state index in [9.17, 15) is 9.59 Å². The molecular formula is C9H17NO3. The zero-order valence-electron chi connectivity index (χ0n) is 8.39. The highest BCUT2D eigenvalue weighted by atomic mass is 16.4. The molecule has 0 aromatic carbocycles. The van der Waals surface area contributed by atoms with Gasteiger partial charge in [0, 0.05) is 6.42 Å². The van der Waals surface area contributed by atoms with E-state index in [2.05, 4.69) is 5.32 Å². The number of carbonyl (C=O) groups excluding carboxylic acids is 1. The maximum Gasteiger partial charge on any atom is 0.329 e. The Kier molecular flexibility index (Phi) is 4.45. The second kappa shape index (κ2) is 4.84. The van der Waals surface area contributed by atoms with Gasteiger partial charge < -0.3 is 10.4 Å². The lowest BCUT2D eigenvalue weighted by atomic mass is 9.93. The van der Waals surface area contributed by atoms with E-state index in [4.69, 9.17) is 5.11 Å². The number of hydrogen-bond donors (Lipinski definition) is 2. The molecule has 0 rings (SSSR count). The van der Waals surface area contributed by atoms with Crippen LogP contribution in [0.4, 0.5) is 0 Å². The van der Waals surface area contributed by atoms with Crippen molar-refractivity contribution in [2.45, 2.75) is 45.6 Å². The zero-order chi connectivity index (χ0) is 10.5. The van der Waals surface area contributed by atoms with E-state index in [1.165, 1.54) is 0 Å². The lowest BCUT2D eigenvalue weighted by Crippen LogP contribution is -2.53. The Balaban J connectivity index is 4.57. The van der Waals surface area contributed by atoms with Gasteiger partial charge >= 0.3 is 5.97 Å². The summed E-state index contributed by atoms with van der Waals surface area (Å²) < 4.78 is 0. The maximum atomic E-state index is 11.1. The Bertz CT molecular complexity index is 197. The fraction of sp³-hybridized carbons (Fsp3) is 0.778. The third kappa shape index (κ3) is 2.72. The summed E-state index contributed by atoms with van der Waals surface area (Å²) in [6.07, 6.45) is 1.13. The minimum atomic E-state index is -1.08. The van der Waals surface area contributed by atoms with Crippen LogP contribution in [0, 0.1) is 0 Å². The molecule has 0 saturated heterocycles. The molecule has 0 fully saturated rings. The van der Waals surface area contributed by atoms with Crippen molar-refractivity contribution >= 4 is 11.9 Å². The van der Waals surface area contributed by atoms with Gasteiger partial charge in [-0.15, -0.1) is 0 Å². The van der Waals surface area contributed by atoms with E-state index in [-0.39, 0.29) is 5.91 Å². The third-order valence-electron chi connectivity index (χ3n) is 2.32. The zero-order valence-corrected chi connectivity index (χ0v) is 8.39. The molecule has 0 aliphatic heterocycles. The summed E-state index contributed by atoms with van der Waals surface area (Å²) in [6, 6.07) is 0. The fourth-order valence-corrected chi connectivity index (χ4v) is 1.14. The summed E-state index contributed by atoms with van der Waals surface area (Å²) >= 11 is 0. The first-order valence-corrected chi connectivity index (χ1v) is 4.56. The Morgan fingerprint density at radius 1 is 1.23 bits per heavy atom. The van der Waals surface area contributed by atoms with Crippen LogP contribution in [0.2, 0.25) is 0 Å². The average Bonchev–Trinajstić information content (AvgIpc) is 2.13. The van der Waals surface area contributed by atoms with E-state index in [1.807, 2.05) is 0 Å². The monoisotopic (exact) mass is 187 g/mol. The Morgan fingerprint density at radius 2 is 1.69 bits per heavy atom. The molecular weight excluding hydrogens is 170 g/mol. The number of carboxylic acid groups (broad SMARTS) is 1. The first-order valence-electron chi connectivity index (χ1n) is 4.56. The van der Waals surface area contributed by atoms with Crippen molar-refractivity contribution in [2.24, 2.45) is 0 Å². The third-order valence-corrected chi connectivity index (χ3v) is 2.32. The number of nitrogens with one attached hydrogen (secondary N) is 1. The predicted molar refractivity (Wildman–Crippen MR) is 49.4 cm³/mol. The first kappa shape index (κ1) is 11.9. The SMILES string of the molecule is CCC(=O)NC(CC)(CC)C(=O)O. The number of carboxylic acids is 1. The van der Waals surface area contributed by atoms with E-state index in [1.54, 1.807) is 20.8 Å². The van der Waals surface area contributed by atoms with Crippen molar-refractivity contribution in [1.82, 2.24) is 5.32 Å². The highest BCUT2D eigenvalue weighted by molar-refractivity contribution is 5.86. The topological polar surface area (TPSA) is 66.4 Å². The molecule has 0 spiro atoms. The van der Waals surface area contributed by atoms with Crippen LogP contribution < -0.4 is 5.32 Å². The van der Waals surface area contributed by atoms with Gasteiger partial charge in [0.25, 0.3) is 0 Å². The van der Waals surface area contributed by atoms with Gasteiger partial charge in [0.2, 0.25) is 5.91 Å². The van der Waals surface area contributed by atoms with Crippen LogP contribution in [-0.2, 0) is 9.59 Å². The molecule has 0 atom stereocenters. The minimum absolute atomic E-state index is 0.217. The van der Waals surface area contributed by atoms with Gasteiger partial charge in [-0.1, -0.05) is 20.8 Å². The van der Waals surface area contributed by atoms with Crippen molar-refractivity contribution < 1.29 is 14.7 Å². The maximum absolute atomic E-state index is 11.1. The van der Waals surface area contributed by atoms with E-state index >= 15 is 0 Å². The van der Waals surface area contributed by atoms with Gasteiger partial charge in [0.1, 0.15) is 5.54 Å². The Morgan fingerprint density at radius 3 is 1.92 bits per heavy atom. The van der Waals surface area contributed by atoms with Gasteiger partial charge in [-0.05, 0) is 12.8 Å². The van der Waals surface area contributed by atoms with Crippen molar-refractivity contribution in [1.29, 1.82) is 0 Å². The van der Waals surface area contributed by atoms with Crippen LogP contribution in [0.1, 0.15) is 40.0 Å². The van der Waals surface area contributed by atoms with Gasteiger partial charge in [0.05, 0.1) is 0 Å². The van der Waals surface area contributed by atoms with Crippen molar-refractivity contribution in [3.63, 3.8) is 0 Å². The number of amides is 1. The molecule has 0 bridgehead atoms. The molecule has 2 N–H and O–H groups in total. The summed E-state index contributed by atoms with van der Waals surface area (Å²) in [5.41, 5.74) is -1.08. The highest BCUT2D eigenvalue weighted by Gasteiger charge is 2.35. The Labute approximate surface area is 78.3 Å². The van der Waals surface area contributed by atoms with E-state index < -0.39 is 11.5 Å². The highest BCUT2D eigenvalue weighted by Crippen LogP contribution is 2.15. The number of hydrogen-bond acceptors (Lipinski definition) is 2. The second-order valence-electron chi connectivity index (χ2n) is 3.00. The quantitative estimate of drug-likeness (QED) is 0.678. The van der Waals surface area contributed by atoms with Crippen molar-refractivity contribution in [2.75, 3.05) is 0 Å². The molecule has 0 heterocycles. The summed E-state index contributed by atoms with van der Waals surface area (Å²) in [5.74, 6) is -1.18. The van der Waals surface area contributed by atoms with Crippen LogP contribution >= 0.6 is 0 Å². The molecule has 13 heavy (non-hydrogen) atoms. The minimum Gasteiger partial charge on any atom is -0.480 e. The molecule has 0 aromatic heterocycles. The smallest absolute Gasteiger partial charge is 0.329 e. The lowest BCUT2D eigenvalue weighted by Gasteiger charge is -2.27. The molecule has 1 amide bonds. The molecule has 0 unspecified atom stereocenters. The molecule has 4 heteroatoms. The molecule has 0 aliphatic rings. The van der Waals surface area contributed by atoms with Crippen LogP contribution in [0.25, 0.3) is 0 Å². The molecule has 0 aliphatic carbocycles. The van der Waals surface area contributed by atoms with Gasteiger partial charge in [-0.2, -0.15) is 0 Å². The van der Waals surface area contributed by atoms with Crippen LogP contribution in [-0.4, -0.2) is 22.5 Å². The van der Waals surface area contributed by atoms with Gasteiger partial charge in [-0.3, -0.25) is 4.79 Å². The molecule has 76 valence electrons. The van der Waals surface area contributed by atoms with Gasteiger partial charge in [-0.25, -0.2) is 4.79 Å². The number of aliphatic carboxylic acids is 1. The summed E-state index contributed by atoms with van der Waals surface area (Å²) in [5, 5.41) is 11.5. The largest absolute Gasteiger partial charge is 0.480 e.